The molecule has 0 spiro atoms. The molecule has 7 nitrogen and oxygen atoms in total. The lowest BCUT2D eigenvalue weighted by atomic mass is 10.0. The molecule has 1 aromatic heterocycles. The maximum absolute atomic E-state index is 13.5. The van der Waals surface area contributed by atoms with Crippen LogP contribution < -0.4 is 9.64 Å². The highest BCUT2D eigenvalue weighted by Crippen LogP contribution is 2.35. The quantitative estimate of drug-likeness (QED) is 0.609. The molecule has 2 aromatic carbocycles. The van der Waals surface area contributed by atoms with Crippen molar-refractivity contribution >= 4 is 28.4 Å². The fourth-order valence-electron chi connectivity index (χ4n) is 3.94. The Morgan fingerprint density at radius 1 is 1.23 bits per heavy atom. The van der Waals surface area contributed by atoms with E-state index >= 15 is 0 Å². The van der Waals surface area contributed by atoms with Crippen molar-refractivity contribution in [3.05, 3.63) is 53.9 Å². The third kappa shape index (κ3) is 3.35. The van der Waals surface area contributed by atoms with E-state index in [1.807, 2.05) is 54.8 Å². The maximum atomic E-state index is 13.5. The molecule has 1 amide bonds. The van der Waals surface area contributed by atoms with Gasteiger partial charge in [-0.1, -0.05) is 12.1 Å². The number of hydrogen-bond acceptors (Lipinski definition) is 5. The van der Waals surface area contributed by atoms with E-state index in [1.54, 1.807) is 37.1 Å². The van der Waals surface area contributed by atoms with Gasteiger partial charge in [0.05, 0.1) is 29.3 Å². The number of hydrogen-bond donors (Lipinski definition) is 0. The van der Waals surface area contributed by atoms with Crippen molar-refractivity contribution in [2.45, 2.75) is 32.5 Å². The molecule has 0 fully saturated rings. The number of ether oxygens (including phenoxy) is 1. The summed E-state index contributed by atoms with van der Waals surface area (Å²) in [6, 6.07) is 12.7. The molecule has 0 radical (unpaired) electrons. The van der Waals surface area contributed by atoms with Crippen LogP contribution in [0.2, 0.25) is 0 Å². The Morgan fingerprint density at radius 2 is 1.97 bits per heavy atom. The highest BCUT2D eigenvalue weighted by Gasteiger charge is 2.30. The molecule has 156 valence electrons. The molecule has 4 rings (SSSR count). The topological polar surface area (TPSA) is 67.7 Å². The molecule has 0 saturated carbocycles. The molecular weight excluding hydrogens is 380 g/mol. The molecule has 0 saturated heterocycles. The number of para-hydroxylation sites is 2. The second-order valence-electron chi connectivity index (χ2n) is 8.00. The number of imidazole rings is 1. The Hall–Kier alpha value is -3.19. The van der Waals surface area contributed by atoms with Crippen molar-refractivity contribution in [1.29, 1.82) is 0 Å². The molecule has 3 aromatic rings. The molecule has 2 heterocycles. The molecule has 2 unspecified atom stereocenters. The van der Waals surface area contributed by atoms with E-state index in [0.717, 1.165) is 16.9 Å². The van der Waals surface area contributed by atoms with Gasteiger partial charge in [-0.3, -0.25) is 9.59 Å². The summed E-state index contributed by atoms with van der Waals surface area (Å²) < 4.78 is 7.68. The highest BCUT2D eigenvalue weighted by molar-refractivity contribution is 6.04. The number of carbonyl (C=O) groups excluding carboxylic acids is 2. The minimum absolute atomic E-state index is 0.0413. The normalized spacial score (nSPS) is 17.2. The van der Waals surface area contributed by atoms with Crippen LogP contribution in [0, 0.1) is 0 Å². The summed E-state index contributed by atoms with van der Waals surface area (Å²) in [6.45, 7) is 4.24. The van der Waals surface area contributed by atoms with Crippen LogP contribution in [0.15, 0.2) is 42.5 Å². The average molecular weight is 406 g/mol. The zero-order valence-corrected chi connectivity index (χ0v) is 17.9. The number of amides is 1. The Morgan fingerprint density at radius 3 is 2.70 bits per heavy atom. The fourth-order valence-corrected chi connectivity index (χ4v) is 3.94. The molecule has 0 N–H and O–H groups in total. The smallest absolute Gasteiger partial charge is 0.267 e. The molecular formula is C23H26N4O3. The summed E-state index contributed by atoms with van der Waals surface area (Å²) in [7, 11) is 5.66. The Balaban J connectivity index is 1.74. The van der Waals surface area contributed by atoms with Gasteiger partial charge in [-0.15, -0.1) is 0 Å². The number of Topliss-reactive ketones (excluding diaryl/α,β-unsaturated/α-hetero) is 1. The third-order valence-corrected chi connectivity index (χ3v) is 5.48. The second kappa shape index (κ2) is 7.57. The summed E-state index contributed by atoms with van der Waals surface area (Å²) in [4.78, 5) is 34.1. The zero-order valence-electron chi connectivity index (χ0n) is 17.9. The van der Waals surface area contributed by atoms with Crippen LogP contribution in [0.1, 0.15) is 36.1 Å². The summed E-state index contributed by atoms with van der Waals surface area (Å²) in [5.41, 5.74) is 2.94. The first-order chi connectivity index (χ1) is 14.3. The van der Waals surface area contributed by atoms with Crippen LogP contribution in [-0.2, 0) is 11.3 Å². The van der Waals surface area contributed by atoms with Crippen molar-refractivity contribution in [3.8, 4) is 5.75 Å². The van der Waals surface area contributed by atoms with Gasteiger partial charge >= 0.3 is 0 Å². The Kier molecular flexibility index (Phi) is 5.07. The molecule has 0 bridgehead atoms. The van der Waals surface area contributed by atoms with E-state index < -0.39 is 12.1 Å². The van der Waals surface area contributed by atoms with Gasteiger partial charge < -0.3 is 19.1 Å². The van der Waals surface area contributed by atoms with Gasteiger partial charge in [0.1, 0.15) is 11.6 Å². The lowest BCUT2D eigenvalue weighted by Gasteiger charge is -2.30. The van der Waals surface area contributed by atoms with Crippen molar-refractivity contribution in [1.82, 2.24) is 14.5 Å². The average Bonchev–Trinajstić information content (AvgIpc) is 3.08. The van der Waals surface area contributed by atoms with E-state index in [9.17, 15) is 9.59 Å². The lowest BCUT2D eigenvalue weighted by Crippen LogP contribution is -2.42. The van der Waals surface area contributed by atoms with Crippen molar-refractivity contribution < 1.29 is 14.3 Å². The maximum Gasteiger partial charge on any atom is 0.267 e. The molecule has 1 aliphatic rings. The van der Waals surface area contributed by atoms with Gasteiger partial charge in [-0.25, -0.2) is 4.98 Å². The van der Waals surface area contributed by atoms with Gasteiger partial charge in [-0.2, -0.15) is 0 Å². The first kappa shape index (κ1) is 20.1. The number of carbonyl (C=O) groups is 2. The minimum Gasteiger partial charge on any atom is -0.479 e. The van der Waals surface area contributed by atoms with Gasteiger partial charge in [-0.05, 0) is 58.3 Å². The van der Waals surface area contributed by atoms with E-state index in [1.165, 1.54) is 0 Å². The monoisotopic (exact) mass is 406 g/mol. The molecule has 2 atom stereocenters. The Bertz CT molecular complexity index is 1130. The van der Waals surface area contributed by atoms with E-state index in [4.69, 9.17) is 9.72 Å². The third-order valence-electron chi connectivity index (χ3n) is 5.48. The number of nitrogens with zero attached hydrogens (tertiary/aromatic N) is 4. The fraction of sp³-hybridized carbons (Fsp3) is 0.348. The number of fused-ring (bicyclic) bond motifs is 2. The van der Waals surface area contributed by atoms with E-state index in [-0.39, 0.29) is 11.7 Å². The van der Waals surface area contributed by atoms with E-state index in [0.29, 0.717) is 23.5 Å². The number of ketones is 1. The Labute approximate surface area is 175 Å². The zero-order chi connectivity index (χ0) is 21.6. The van der Waals surface area contributed by atoms with Crippen LogP contribution in [0.25, 0.3) is 11.0 Å². The summed E-state index contributed by atoms with van der Waals surface area (Å²) in [5, 5.41) is 0. The summed E-state index contributed by atoms with van der Waals surface area (Å²) >= 11 is 0. The van der Waals surface area contributed by atoms with Crippen LogP contribution in [-0.4, -0.2) is 53.4 Å². The summed E-state index contributed by atoms with van der Waals surface area (Å²) in [6.07, 6.45) is -0.533. The number of rotatable bonds is 5. The first-order valence-electron chi connectivity index (χ1n) is 10.0. The van der Waals surface area contributed by atoms with E-state index in [2.05, 4.69) is 0 Å². The SMILES string of the molecule is CC1Oc2ccc(C(=O)C(C)n3c(CN(C)C)nc4ccccc43)cc2N(C)C1=O. The molecule has 0 aliphatic carbocycles. The number of benzene rings is 2. The molecule has 30 heavy (non-hydrogen) atoms. The number of anilines is 1. The standard InChI is InChI=1S/C23H26N4O3/c1-14(27-18-9-7-6-8-17(18)24-21(27)13-25(3)4)22(28)16-10-11-20-19(12-16)26(5)23(29)15(2)30-20/h6-12,14-15H,13H2,1-5H3. The van der Waals surface area contributed by atoms with Gasteiger partial charge in [0.2, 0.25) is 0 Å². The van der Waals surface area contributed by atoms with Crippen LogP contribution in [0.4, 0.5) is 5.69 Å². The highest BCUT2D eigenvalue weighted by atomic mass is 16.5. The number of aromatic nitrogens is 2. The minimum atomic E-state index is -0.533. The van der Waals surface area contributed by atoms with Crippen LogP contribution in [0.5, 0.6) is 5.75 Å². The van der Waals surface area contributed by atoms with Crippen molar-refractivity contribution in [2.75, 3.05) is 26.0 Å². The predicted molar refractivity (Wildman–Crippen MR) is 116 cm³/mol. The predicted octanol–water partition coefficient (Wildman–Crippen LogP) is 3.29. The van der Waals surface area contributed by atoms with Gasteiger partial charge in [0, 0.05) is 12.6 Å². The van der Waals surface area contributed by atoms with Crippen LogP contribution in [0.3, 0.4) is 0 Å². The molecule has 7 heteroatoms. The summed E-state index contributed by atoms with van der Waals surface area (Å²) in [5.74, 6) is 1.27. The second-order valence-corrected chi connectivity index (χ2v) is 8.00. The number of likely N-dealkylation sites (N-methyl/N-ethyl adjacent to an activating group) is 1. The van der Waals surface area contributed by atoms with Crippen LogP contribution >= 0.6 is 0 Å². The van der Waals surface area contributed by atoms with Gasteiger partial charge in [0.25, 0.3) is 5.91 Å². The van der Waals surface area contributed by atoms with Crippen molar-refractivity contribution in [2.24, 2.45) is 0 Å². The van der Waals surface area contributed by atoms with Crippen molar-refractivity contribution in [3.63, 3.8) is 0 Å². The largest absolute Gasteiger partial charge is 0.479 e. The lowest BCUT2D eigenvalue weighted by molar-refractivity contribution is -0.125. The first-order valence-corrected chi connectivity index (χ1v) is 10.0. The molecule has 1 aliphatic heterocycles. The van der Waals surface area contributed by atoms with Gasteiger partial charge in [0.15, 0.2) is 11.9 Å².